The van der Waals surface area contributed by atoms with Crippen molar-refractivity contribution >= 4 is 11.3 Å². The molecule has 0 aromatic carbocycles. The van der Waals surface area contributed by atoms with Gasteiger partial charge in [0.25, 0.3) is 0 Å². The Morgan fingerprint density at radius 2 is 2.14 bits per heavy atom. The van der Waals surface area contributed by atoms with Gasteiger partial charge in [0.15, 0.2) is 0 Å². The fourth-order valence-corrected chi connectivity index (χ4v) is 4.90. The molecule has 4 heteroatoms. The van der Waals surface area contributed by atoms with E-state index in [0.717, 1.165) is 32.2 Å². The summed E-state index contributed by atoms with van der Waals surface area (Å²) in [4.78, 5) is 5.37. The second kappa shape index (κ2) is 6.60. The zero-order valence-electron chi connectivity index (χ0n) is 13.5. The zero-order chi connectivity index (χ0) is 14.8. The fourth-order valence-electron chi connectivity index (χ4n) is 4.24. The van der Waals surface area contributed by atoms with Crippen LogP contribution in [0.3, 0.4) is 0 Å². The standard InChI is InChI=1S/C18H28N2OS/c1-5-18(13-19(6-1)11-17-4-9-22-12-17)14-20(7-8-21-15-18)10-16-2-3-16/h4,9,12,16H,1-3,5-8,10-11,13-15H2. The third-order valence-corrected chi connectivity index (χ3v) is 6.19. The molecule has 3 aliphatic rings. The highest BCUT2D eigenvalue weighted by Gasteiger charge is 2.39. The van der Waals surface area contributed by atoms with Gasteiger partial charge in [-0.1, -0.05) is 0 Å². The summed E-state index contributed by atoms with van der Waals surface area (Å²) in [5, 5.41) is 4.49. The van der Waals surface area contributed by atoms with Crippen LogP contribution in [0.1, 0.15) is 31.2 Å². The molecule has 1 atom stereocenters. The van der Waals surface area contributed by atoms with Gasteiger partial charge in [0.2, 0.25) is 0 Å². The van der Waals surface area contributed by atoms with Crippen LogP contribution in [0.2, 0.25) is 0 Å². The Kier molecular flexibility index (Phi) is 4.54. The Labute approximate surface area is 138 Å². The van der Waals surface area contributed by atoms with Gasteiger partial charge < -0.3 is 9.64 Å². The first-order chi connectivity index (χ1) is 10.8. The topological polar surface area (TPSA) is 15.7 Å². The lowest BCUT2D eigenvalue weighted by molar-refractivity contribution is 0.00278. The lowest BCUT2D eigenvalue weighted by Crippen LogP contribution is -2.50. The number of rotatable bonds is 4. The number of hydrogen-bond acceptors (Lipinski definition) is 4. The van der Waals surface area contributed by atoms with E-state index in [1.807, 2.05) is 11.3 Å². The van der Waals surface area contributed by atoms with Crippen molar-refractivity contribution in [2.75, 3.05) is 45.9 Å². The highest BCUT2D eigenvalue weighted by molar-refractivity contribution is 7.07. The van der Waals surface area contributed by atoms with Gasteiger partial charge in [-0.25, -0.2) is 0 Å². The number of likely N-dealkylation sites (tertiary alicyclic amines) is 1. The van der Waals surface area contributed by atoms with Crippen LogP contribution in [0.15, 0.2) is 16.8 Å². The molecule has 0 bridgehead atoms. The number of nitrogens with zero attached hydrogens (tertiary/aromatic N) is 2. The minimum absolute atomic E-state index is 0.375. The summed E-state index contributed by atoms with van der Waals surface area (Å²) in [5.41, 5.74) is 1.85. The van der Waals surface area contributed by atoms with Gasteiger partial charge in [0, 0.05) is 38.1 Å². The Hall–Kier alpha value is -0.420. The van der Waals surface area contributed by atoms with Gasteiger partial charge in [-0.05, 0) is 60.5 Å². The summed E-state index contributed by atoms with van der Waals surface area (Å²) in [5.74, 6) is 0.987. The SMILES string of the molecule is c1cc(CN2CCCC3(COCCN(CC4CC4)C3)C2)cs1. The lowest BCUT2D eigenvalue weighted by Gasteiger charge is -2.43. The molecule has 0 N–H and O–H groups in total. The quantitative estimate of drug-likeness (QED) is 0.848. The molecule has 2 aliphatic heterocycles. The summed E-state index contributed by atoms with van der Waals surface area (Å²) in [6.45, 7) is 9.19. The maximum absolute atomic E-state index is 6.04. The summed E-state index contributed by atoms with van der Waals surface area (Å²) >= 11 is 1.81. The van der Waals surface area contributed by atoms with Gasteiger partial charge in [-0.2, -0.15) is 11.3 Å². The van der Waals surface area contributed by atoms with Crippen molar-refractivity contribution in [1.29, 1.82) is 0 Å². The Bertz CT molecular complexity index is 473. The molecule has 3 fully saturated rings. The average molecular weight is 321 g/mol. The van der Waals surface area contributed by atoms with Crippen LogP contribution < -0.4 is 0 Å². The largest absolute Gasteiger partial charge is 0.379 e. The molecule has 1 aliphatic carbocycles. The highest BCUT2D eigenvalue weighted by Crippen LogP contribution is 2.36. The molecule has 3 heterocycles. The highest BCUT2D eigenvalue weighted by atomic mass is 32.1. The van der Waals surface area contributed by atoms with E-state index in [-0.39, 0.29) is 0 Å². The molecule has 1 saturated carbocycles. The maximum atomic E-state index is 6.04. The van der Waals surface area contributed by atoms with Crippen molar-refractivity contribution in [2.24, 2.45) is 11.3 Å². The zero-order valence-corrected chi connectivity index (χ0v) is 14.3. The molecule has 1 spiro atoms. The van der Waals surface area contributed by atoms with Crippen molar-refractivity contribution < 1.29 is 4.74 Å². The van der Waals surface area contributed by atoms with Gasteiger partial charge >= 0.3 is 0 Å². The molecule has 2 saturated heterocycles. The van der Waals surface area contributed by atoms with E-state index in [1.165, 1.54) is 57.4 Å². The first kappa shape index (κ1) is 15.1. The summed E-state index contributed by atoms with van der Waals surface area (Å²) < 4.78 is 6.04. The molecule has 1 aromatic rings. The first-order valence-electron chi connectivity index (χ1n) is 8.85. The molecular weight excluding hydrogens is 292 g/mol. The van der Waals surface area contributed by atoms with E-state index in [2.05, 4.69) is 26.6 Å². The van der Waals surface area contributed by atoms with Crippen molar-refractivity contribution in [2.45, 2.75) is 32.2 Å². The van der Waals surface area contributed by atoms with Crippen LogP contribution in [0.4, 0.5) is 0 Å². The number of piperidine rings is 1. The molecule has 1 unspecified atom stereocenters. The van der Waals surface area contributed by atoms with Crippen LogP contribution in [-0.2, 0) is 11.3 Å². The molecule has 122 valence electrons. The lowest BCUT2D eigenvalue weighted by atomic mass is 9.80. The average Bonchev–Trinajstić information content (AvgIpc) is 3.22. The minimum Gasteiger partial charge on any atom is -0.379 e. The molecule has 1 aromatic heterocycles. The molecule has 22 heavy (non-hydrogen) atoms. The van der Waals surface area contributed by atoms with Crippen LogP contribution in [0.25, 0.3) is 0 Å². The summed E-state index contributed by atoms with van der Waals surface area (Å²) in [6.07, 6.45) is 5.57. The van der Waals surface area contributed by atoms with Crippen molar-refractivity contribution in [1.82, 2.24) is 9.80 Å². The van der Waals surface area contributed by atoms with Crippen LogP contribution in [0, 0.1) is 11.3 Å². The predicted octanol–water partition coefficient (Wildman–Crippen LogP) is 3.07. The third kappa shape index (κ3) is 3.73. The Morgan fingerprint density at radius 3 is 2.95 bits per heavy atom. The van der Waals surface area contributed by atoms with Gasteiger partial charge in [0.05, 0.1) is 13.2 Å². The number of ether oxygens (including phenoxy) is 1. The molecule has 0 radical (unpaired) electrons. The van der Waals surface area contributed by atoms with Crippen molar-refractivity contribution in [3.8, 4) is 0 Å². The van der Waals surface area contributed by atoms with E-state index in [0.29, 0.717) is 5.41 Å². The number of thiophene rings is 1. The second-order valence-electron chi connectivity index (χ2n) is 7.68. The van der Waals surface area contributed by atoms with E-state index in [1.54, 1.807) is 0 Å². The second-order valence-corrected chi connectivity index (χ2v) is 8.46. The first-order valence-corrected chi connectivity index (χ1v) is 9.79. The van der Waals surface area contributed by atoms with Crippen LogP contribution in [0.5, 0.6) is 0 Å². The molecule has 4 rings (SSSR count). The van der Waals surface area contributed by atoms with Crippen molar-refractivity contribution in [3.63, 3.8) is 0 Å². The van der Waals surface area contributed by atoms with Crippen LogP contribution >= 0.6 is 11.3 Å². The maximum Gasteiger partial charge on any atom is 0.0593 e. The van der Waals surface area contributed by atoms with Gasteiger partial charge in [-0.3, -0.25) is 4.90 Å². The minimum atomic E-state index is 0.375. The normalized spacial score (nSPS) is 31.5. The van der Waals surface area contributed by atoms with E-state index < -0.39 is 0 Å². The van der Waals surface area contributed by atoms with Gasteiger partial charge in [-0.15, -0.1) is 0 Å². The third-order valence-electron chi connectivity index (χ3n) is 5.46. The van der Waals surface area contributed by atoms with E-state index in [9.17, 15) is 0 Å². The fraction of sp³-hybridized carbons (Fsp3) is 0.778. The molecule has 0 amide bonds. The van der Waals surface area contributed by atoms with Gasteiger partial charge in [0.1, 0.15) is 0 Å². The van der Waals surface area contributed by atoms with E-state index in [4.69, 9.17) is 4.74 Å². The summed E-state index contributed by atoms with van der Waals surface area (Å²) in [7, 11) is 0. The molecule has 3 nitrogen and oxygen atoms in total. The Balaban J connectivity index is 1.41. The summed E-state index contributed by atoms with van der Waals surface area (Å²) in [6, 6.07) is 2.27. The molecular formula is C18H28N2OS. The predicted molar refractivity (Wildman–Crippen MR) is 91.2 cm³/mol. The Morgan fingerprint density at radius 1 is 1.23 bits per heavy atom. The van der Waals surface area contributed by atoms with Crippen LogP contribution in [-0.4, -0.2) is 55.7 Å². The number of hydrogen-bond donors (Lipinski definition) is 0. The smallest absolute Gasteiger partial charge is 0.0593 e. The monoisotopic (exact) mass is 320 g/mol. The van der Waals surface area contributed by atoms with E-state index >= 15 is 0 Å². The van der Waals surface area contributed by atoms with Crippen molar-refractivity contribution in [3.05, 3.63) is 22.4 Å².